The monoisotopic (exact) mass is 374 g/mol. The van der Waals surface area contributed by atoms with E-state index in [1.165, 1.54) is 44.9 Å². The molecule has 27 heavy (non-hydrogen) atoms. The van der Waals surface area contributed by atoms with Crippen LogP contribution in [0.2, 0.25) is 0 Å². The van der Waals surface area contributed by atoms with E-state index in [-0.39, 0.29) is 24.5 Å². The Morgan fingerprint density at radius 3 is 2.11 bits per heavy atom. The maximum atomic E-state index is 10.2. The van der Waals surface area contributed by atoms with E-state index in [1.807, 2.05) is 0 Å². The fourth-order valence-electron chi connectivity index (χ4n) is 9.44. The Kier molecular flexibility index (Phi) is 4.68. The smallest absolute Gasteiger partial charge is 0.0645 e. The van der Waals surface area contributed by atoms with Gasteiger partial charge in [-0.15, -0.1) is 0 Å². The van der Waals surface area contributed by atoms with Crippen molar-refractivity contribution < 1.29 is 10.2 Å². The maximum absolute atomic E-state index is 10.2. The first-order valence-corrected chi connectivity index (χ1v) is 11.5. The number of rotatable bonds is 2. The molecule has 2 nitrogen and oxygen atoms in total. The molecule has 0 aromatic heterocycles. The van der Waals surface area contributed by atoms with Gasteiger partial charge in [0.1, 0.15) is 0 Å². The maximum Gasteiger partial charge on any atom is 0.0645 e. The topological polar surface area (TPSA) is 40.5 Å². The fraction of sp³-hybridized carbons (Fsp3) is 0.920. The van der Waals surface area contributed by atoms with E-state index in [2.05, 4.69) is 40.7 Å². The zero-order valence-corrected chi connectivity index (χ0v) is 18.4. The molecule has 4 rings (SSSR count). The van der Waals surface area contributed by atoms with Gasteiger partial charge >= 0.3 is 0 Å². The Labute approximate surface area is 166 Å². The van der Waals surface area contributed by atoms with Crippen LogP contribution in [0.25, 0.3) is 0 Å². The number of hydrogen-bond donors (Lipinski definition) is 2. The van der Waals surface area contributed by atoms with E-state index in [1.54, 1.807) is 0 Å². The fourth-order valence-corrected chi connectivity index (χ4v) is 9.44. The minimum absolute atomic E-state index is 0.113. The van der Waals surface area contributed by atoms with Crippen molar-refractivity contribution in [1.82, 2.24) is 0 Å². The van der Waals surface area contributed by atoms with Crippen LogP contribution in [-0.2, 0) is 0 Å². The highest BCUT2D eigenvalue weighted by molar-refractivity contribution is 5.23. The average molecular weight is 375 g/mol. The largest absolute Gasteiger partial charge is 0.396 e. The number of allylic oxidation sites excluding steroid dienone is 1. The second kappa shape index (κ2) is 6.33. The Morgan fingerprint density at radius 2 is 1.44 bits per heavy atom. The first kappa shape index (κ1) is 20.0. The van der Waals surface area contributed by atoms with Crippen molar-refractivity contribution in [3.63, 3.8) is 0 Å². The molecule has 3 fully saturated rings. The predicted molar refractivity (Wildman–Crippen MR) is 111 cm³/mol. The molecule has 0 unspecified atom stereocenters. The molecule has 2 heteroatoms. The molecule has 0 bridgehead atoms. The minimum Gasteiger partial charge on any atom is -0.396 e. The Morgan fingerprint density at radius 1 is 0.815 bits per heavy atom. The van der Waals surface area contributed by atoms with Gasteiger partial charge in [0.05, 0.1) is 13.2 Å². The van der Waals surface area contributed by atoms with E-state index in [9.17, 15) is 10.2 Å². The lowest BCUT2D eigenvalue weighted by atomic mass is 9.35. The number of aliphatic hydroxyl groups excluding tert-OH is 2. The van der Waals surface area contributed by atoms with Crippen LogP contribution in [0.1, 0.15) is 86.0 Å². The molecule has 0 aromatic carbocycles. The van der Waals surface area contributed by atoms with Crippen molar-refractivity contribution in [2.24, 2.45) is 45.3 Å². The normalized spacial score (nSPS) is 51.6. The second-order valence-corrected chi connectivity index (χ2v) is 12.0. The van der Waals surface area contributed by atoms with Gasteiger partial charge in [-0.2, -0.15) is 0 Å². The first-order chi connectivity index (χ1) is 12.6. The Balaban J connectivity index is 1.74. The van der Waals surface area contributed by atoms with Gasteiger partial charge in [0.2, 0.25) is 0 Å². The summed E-state index contributed by atoms with van der Waals surface area (Å²) >= 11 is 0. The van der Waals surface area contributed by atoms with Crippen molar-refractivity contribution >= 4 is 0 Å². The molecule has 0 saturated heterocycles. The highest BCUT2D eigenvalue weighted by Crippen LogP contribution is 2.72. The zero-order chi connectivity index (χ0) is 19.7. The van der Waals surface area contributed by atoms with Gasteiger partial charge in [0.15, 0.2) is 0 Å². The molecule has 0 aromatic rings. The standard InChI is InChI=1S/C25H42O2/c1-22(2)11-6-12-24(4)19(22)9-14-25(5)20-8-7-17(15-26)18(16-27)23(20,3)13-10-21(24)25/h7,18-21,26-27H,6,8-16H2,1-5H3/t18-,19-,20+,21+,23+,24-,25-/m0/s1. The lowest BCUT2D eigenvalue weighted by Crippen LogP contribution is -2.62. The summed E-state index contributed by atoms with van der Waals surface area (Å²) < 4.78 is 0. The third-order valence-electron chi connectivity index (χ3n) is 10.6. The van der Waals surface area contributed by atoms with Crippen LogP contribution in [-0.4, -0.2) is 23.4 Å². The SMILES string of the molecule is CC1(C)CCC[C@]2(C)[C@H]3CC[C@@]4(C)[C@@H](CC=C(CO)[C@@H]4CO)[C@]3(C)CC[C@@H]12. The van der Waals surface area contributed by atoms with Gasteiger partial charge in [-0.05, 0) is 89.9 Å². The Hall–Kier alpha value is -0.340. The van der Waals surface area contributed by atoms with Crippen LogP contribution >= 0.6 is 0 Å². The van der Waals surface area contributed by atoms with Crippen LogP contribution in [0.15, 0.2) is 11.6 Å². The van der Waals surface area contributed by atoms with E-state index >= 15 is 0 Å². The molecule has 0 heterocycles. The lowest BCUT2D eigenvalue weighted by molar-refractivity contribution is -0.201. The summed E-state index contributed by atoms with van der Waals surface area (Å²) in [5.74, 6) is 2.46. The molecule has 4 aliphatic rings. The number of hydrogen-bond acceptors (Lipinski definition) is 2. The Bertz CT molecular complexity index is 622. The highest BCUT2D eigenvalue weighted by atomic mass is 16.3. The molecule has 0 amide bonds. The van der Waals surface area contributed by atoms with E-state index in [0.29, 0.717) is 22.2 Å². The summed E-state index contributed by atoms with van der Waals surface area (Å²) in [6.45, 7) is 13.0. The highest BCUT2D eigenvalue weighted by Gasteiger charge is 2.65. The number of aliphatic hydroxyl groups is 2. The quantitative estimate of drug-likeness (QED) is 0.619. The van der Waals surface area contributed by atoms with Crippen LogP contribution in [0.4, 0.5) is 0 Å². The van der Waals surface area contributed by atoms with Gasteiger partial charge in [-0.25, -0.2) is 0 Å². The van der Waals surface area contributed by atoms with Crippen molar-refractivity contribution in [3.8, 4) is 0 Å². The third kappa shape index (κ3) is 2.58. The molecule has 0 spiro atoms. The molecule has 0 aliphatic heterocycles. The second-order valence-electron chi connectivity index (χ2n) is 12.0. The molecule has 4 aliphatic carbocycles. The number of fused-ring (bicyclic) bond motifs is 5. The van der Waals surface area contributed by atoms with Gasteiger partial charge in [-0.3, -0.25) is 0 Å². The predicted octanol–water partition coefficient (Wildman–Crippen LogP) is 5.58. The van der Waals surface area contributed by atoms with Gasteiger partial charge < -0.3 is 10.2 Å². The summed E-state index contributed by atoms with van der Waals surface area (Å²) in [7, 11) is 0. The molecular weight excluding hydrogens is 332 g/mol. The van der Waals surface area contributed by atoms with E-state index in [0.717, 1.165) is 23.8 Å². The van der Waals surface area contributed by atoms with Crippen LogP contribution in [0.5, 0.6) is 0 Å². The molecule has 154 valence electrons. The van der Waals surface area contributed by atoms with E-state index < -0.39 is 0 Å². The van der Waals surface area contributed by atoms with Crippen molar-refractivity contribution in [2.75, 3.05) is 13.2 Å². The summed E-state index contributed by atoms with van der Waals surface area (Å²) in [6.07, 6.45) is 12.8. The summed E-state index contributed by atoms with van der Waals surface area (Å²) in [6, 6.07) is 0. The van der Waals surface area contributed by atoms with Gasteiger partial charge in [0.25, 0.3) is 0 Å². The minimum atomic E-state index is 0.113. The van der Waals surface area contributed by atoms with Gasteiger partial charge in [-0.1, -0.05) is 47.1 Å². The lowest BCUT2D eigenvalue weighted by Gasteiger charge is -2.69. The van der Waals surface area contributed by atoms with E-state index in [4.69, 9.17) is 0 Å². The zero-order valence-electron chi connectivity index (χ0n) is 18.4. The summed E-state index contributed by atoms with van der Waals surface area (Å²) in [5, 5.41) is 20.1. The van der Waals surface area contributed by atoms with Crippen molar-refractivity contribution in [1.29, 1.82) is 0 Å². The van der Waals surface area contributed by atoms with Crippen molar-refractivity contribution in [2.45, 2.75) is 86.0 Å². The van der Waals surface area contributed by atoms with Crippen LogP contribution < -0.4 is 0 Å². The summed E-state index contributed by atoms with van der Waals surface area (Å²) in [4.78, 5) is 0. The molecule has 2 N–H and O–H groups in total. The molecule has 0 radical (unpaired) electrons. The van der Waals surface area contributed by atoms with Crippen molar-refractivity contribution in [3.05, 3.63) is 11.6 Å². The average Bonchev–Trinajstić information content (AvgIpc) is 2.59. The van der Waals surface area contributed by atoms with Gasteiger partial charge in [0, 0.05) is 5.92 Å². The van der Waals surface area contributed by atoms with Crippen LogP contribution in [0.3, 0.4) is 0 Å². The summed E-state index contributed by atoms with van der Waals surface area (Å²) in [5.41, 5.74) is 2.57. The molecule has 7 atom stereocenters. The van der Waals surface area contributed by atoms with Crippen LogP contribution in [0, 0.1) is 45.3 Å². The third-order valence-corrected chi connectivity index (χ3v) is 10.6. The molecule has 3 saturated carbocycles. The first-order valence-electron chi connectivity index (χ1n) is 11.5. The molecular formula is C25H42O2.